The highest BCUT2D eigenvalue weighted by molar-refractivity contribution is 7.98. The van der Waals surface area contributed by atoms with Gasteiger partial charge in [-0.05, 0) is 30.5 Å². The summed E-state index contributed by atoms with van der Waals surface area (Å²) in [6.45, 7) is 0. The molecule has 10 heteroatoms. The molecule has 2 aromatic heterocycles. The largest absolute Gasteiger partial charge is 0.305 e. The van der Waals surface area contributed by atoms with E-state index >= 15 is 0 Å². The molecule has 0 amide bonds. The number of thiophene rings is 1. The molecule has 0 atom stereocenters. The van der Waals surface area contributed by atoms with E-state index in [9.17, 15) is 8.42 Å². The molecule has 0 bridgehead atoms. The zero-order chi connectivity index (χ0) is 17.3. The van der Waals surface area contributed by atoms with Crippen molar-refractivity contribution < 1.29 is 8.42 Å². The van der Waals surface area contributed by atoms with Crippen LogP contribution in [0.15, 0.2) is 45.8 Å². The van der Waals surface area contributed by atoms with E-state index in [-0.39, 0.29) is 4.21 Å². The molecule has 3 aromatic rings. The van der Waals surface area contributed by atoms with Gasteiger partial charge in [-0.15, -0.1) is 21.5 Å². The number of rotatable bonds is 5. The van der Waals surface area contributed by atoms with E-state index in [2.05, 4.69) is 14.9 Å². The molecule has 1 N–H and O–H groups in total. The van der Waals surface area contributed by atoms with E-state index in [0.29, 0.717) is 16.5 Å². The molecule has 24 heavy (non-hydrogen) atoms. The first-order valence-electron chi connectivity index (χ1n) is 6.73. The number of nitrogens with one attached hydrogen (secondary N) is 1. The lowest BCUT2D eigenvalue weighted by atomic mass is 10.3. The van der Waals surface area contributed by atoms with Crippen molar-refractivity contribution in [2.24, 2.45) is 7.05 Å². The second kappa shape index (κ2) is 6.75. The molecule has 0 spiro atoms. The zero-order valence-electron chi connectivity index (χ0n) is 12.7. The molecule has 0 aliphatic heterocycles. The van der Waals surface area contributed by atoms with Crippen LogP contribution in [-0.2, 0) is 17.1 Å². The first kappa shape index (κ1) is 17.3. The highest BCUT2D eigenvalue weighted by Gasteiger charge is 2.20. The van der Waals surface area contributed by atoms with E-state index in [1.165, 1.54) is 11.8 Å². The summed E-state index contributed by atoms with van der Waals surface area (Å²) < 4.78 is 29.6. The molecule has 0 fully saturated rings. The highest BCUT2D eigenvalue weighted by atomic mass is 35.5. The van der Waals surface area contributed by atoms with Crippen molar-refractivity contribution in [2.75, 3.05) is 11.0 Å². The van der Waals surface area contributed by atoms with Gasteiger partial charge in [-0.3, -0.25) is 4.72 Å². The minimum absolute atomic E-state index is 0.186. The van der Waals surface area contributed by atoms with Gasteiger partial charge >= 0.3 is 0 Å². The van der Waals surface area contributed by atoms with E-state index in [1.807, 2.05) is 17.9 Å². The Labute approximate surface area is 152 Å². The Kier molecular flexibility index (Phi) is 4.86. The number of benzene rings is 1. The first-order valence-corrected chi connectivity index (χ1v) is 10.6. The van der Waals surface area contributed by atoms with Crippen molar-refractivity contribution >= 4 is 50.4 Å². The van der Waals surface area contributed by atoms with Crippen LogP contribution in [-0.4, -0.2) is 29.4 Å². The summed E-state index contributed by atoms with van der Waals surface area (Å²) in [5.74, 6) is 0.628. The van der Waals surface area contributed by atoms with Crippen molar-refractivity contribution in [3.05, 3.63) is 41.4 Å². The van der Waals surface area contributed by atoms with E-state index in [4.69, 9.17) is 11.6 Å². The zero-order valence-corrected chi connectivity index (χ0v) is 15.9. The van der Waals surface area contributed by atoms with E-state index < -0.39 is 10.0 Å². The smallest absolute Gasteiger partial charge is 0.271 e. The maximum absolute atomic E-state index is 12.5. The molecule has 1 aromatic carbocycles. The molecule has 3 rings (SSSR count). The fraction of sp³-hybridized carbons (Fsp3) is 0.143. The number of para-hydroxylation sites is 1. The van der Waals surface area contributed by atoms with Crippen LogP contribution in [0.5, 0.6) is 0 Å². The standard InChI is InChI=1S/C14H13ClN4O2S3/c1-19-13(16-17-14(19)22-2)11-7-8-12(23-11)24(20,21)18-10-6-4-3-5-9(10)15/h3-8,18H,1-2H3. The van der Waals surface area contributed by atoms with Gasteiger partial charge in [0.1, 0.15) is 4.21 Å². The van der Waals surface area contributed by atoms with Crippen LogP contribution in [0.4, 0.5) is 5.69 Å². The van der Waals surface area contributed by atoms with Crippen molar-refractivity contribution in [3.8, 4) is 10.7 Å². The summed E-state index contributed by atoms with van der Waals surface area (Å²) in [6, 6.07) is 9.96. The molecule has 0 radical (unpaired) electrons. The van der Waals surface area contributed by atoms with Crippen molar-refractivity contribution in [2.45, 2.75) is 9.37 Å². The van der Waals surface area contributed by atoms with Gasteiger partial charge in [-0.25, -0.2) is 8.42 Å². The number of nitrogens with zero attached hydrogens (tertiary/aromatic N) is 3. The van der Waals surface area contributed by atoms with Crippen molar-refractivity contribution in [1.29, 1.82) is 0 Å². The summed E-state index contributed by atoms with van der Waals surface area (Å²) in [5, 5.41) is 9.28. The molecule has 0 aliphatic rings. The van der Waals surface area contributed by atoms with E-state index in [0.717, 1.165) is 21.4 Å². The quantitative estimate of drug-likeness (QED) is 0.660. The fourth-order valence-electron chi connectivity index (χ4n) is 2.03. The molecular formula is C14H13ClN4O2S3. The Morgan fingerprint density at radius 2 is 1.96 bits per heavy atom. The number of hydrogen-bond acceptors (Lipinski definition) is 6. The second-order valence-corrected chi connectivity index (χ2v) is 8.95. The Morgan fingerprint density at radius 1 is 1.21 bits per heavy atom. The predicted octanol–water partition coefficient (Wildman–Crippen LogP) is 3.72. The Morgan fingerprint density at radius 3 is 2.62 bits per heavy atom. The Hall–Kier alpha value is -1.55. The number of anilines is 1. The lowest BCUT2D eigenvalue weighted by Gasteiger charge is -2.07. The van der Waals surface area contributed by atoms with Gasteiger partial charge in [0.25, 0.3) is 10.0 Å². The summed E-state index contributed by atoms with van der Waals surface area (Å²) in [6.07, 6.45) is 1.91. The third-order valence-electron chi connectivity index (χ3n) is 3.20. The Bertz CT molecular complexity index is 982. The van der Waals surface area contributed by atoms with Gasteiger partial charge in [0.2, 0.25) is 0 Å². The monoisotopic (exact) mass is 400 g/mol. The molecule has 0 unspecified atom stereocenters. The van der Waals surface area contributed by atoms with Crippen LogP contribution in [0.3, 0.4) is 0 Å². The average molecular weight is 401 g/mol. The Balaban J connectivity index is 1.92. The lowest BCUT2D eigenvalue weighted by Crippen LogP contribution is -2.11. The number of aromatic nitrogens is 3. The van der Waals surface area contributed by atoms with Crippen LogP contribution in [0, 0.1) is 0 Å². The average Bonchev–Trinajstić information content (AvgIpc) is 3.16. The molecule has 0 saturated heterocycles. The summed E-state index contributed by atoms with van der Waals surface area (Å²) in [4.78, 5) is 0.727. The SMILES string of the molecule is CSc1nnc(-c2ccc(S(=O)(=O)Nc3ccccc3Cl)s2)n1C. The summed E-state index contributed by atoms with van der Waals surface area (Å²) in [5.41, 5.74) is 0.345. The van der Waals surface area contributed by atoms with Crippen molar-refractivity contribution in [1.82, 2.24) is 14.8 Å². The first-order chi connectivity index (χ1) is 11.4. The number of hydrogen-bond donors (Lipinski definition) is 1. The number of sulfonamides is 1. The lowest BCUT2D eigenvalue weighted by molar-refractivity contribution is 0.603. The molecule has 6 nitrogen and oxygen atoms in total. The molecule has 0 saturated carbocycles. The minimum Gasteiger partial charge on any atom is -0.305 e. The third kappa shape index (κ3) is 3.30. The predicted molar refractivity (Wildman–Crippen MR) is 98.4 cm³/mol. The molecule has 2 heterocycles. The summed E-state index contributed by atoms with van der Waals surface area (Å²) >= 11 is 8.62. The topological polar surface area (TPSA) is 76.9 Å². The van der Waals surface area contributed by atoms with Crippen LogP contribution in [0.25, 0.3) is 10.7 Å². The van der Waals surface area contributed by atoms with Gasteiger partial charge in [0.05, 0.1) is 15.6 Å². The number of halogens is 1. The van der Waals surface area contributed by atoms with Crippen LogP contribution >= 0.6 is 34.7 Å². The minimum atomic E-state index is -3.71. The maximum Gasteiger partial charge on any atom is 0.271 e. The third-order valence-corrected chi connectivity index (χ3v) is 7.19. The second-order valence-electron chi connectivity index (χ2n) is 4.77. The molecule has 0 aliphatic carbocycles. The number of thioether (sulfide) groups is 1. The van der Waals surface area contributed by atoms with Crippen molar-refractivity contribution in [3.63, 3.8) is 0 Å². The maximum atomic E-state index is 12.5. The summed E-state index contributed by atoms with van der Waals surface area (Å²) in [7, 11) is -1.87. The normalized spacial score (nSPS) is 11.6. The van der Waals surface area contributed by atoms with Gasteiger partial charge in [0, 0.05) is 7.05 Å². The van der Waals surface area contributed by atoms with Crippen LogP contribution in [0.1, 0.15) is 0 Å². The van der Waals surface area contributed by atoms with Gasteiger partial charge in [0.15, 0.2) is 11.0 Å². The fourth-order valence-corrected chi connectivity index (χ4v) is 5.16. The van der Waals surface area contributed by atoms with Crippen LogP contribution < -0.4 is 4.72 Å². The molecule has 126 valence electrons. The highest BCUT2D eigenvalue weighted by Crippen LogP contribution is 2.32. The van der Waals surface area contributed by atoms with Gasteiger partial charge in [-0.1, -0.05) is 35.5 Å². The van der Waals surface area contributed by atoms with Gasteiger partial charge in [-0.2, -0.15) is 0 Å². The van der Waals surface area contributed by atoms with Crippen LogP contribution in [0.2, 0.25) is 5.02 Å². The molecular weight excluding hydrogens is 388 g/mol. The van der Waals surface area contributed by atoms with Gasteiger partial charge < -0.3 is 4.57 Å². The van der Waals surface area contributed by atoms with E-state index in [1.54, 1.807) is 36.4 Å².